The average Bonchev–Trinajstić information content (AvgIpc) is 2.78. The average molecular weight is 454 g/mol. The van der Waals surface area contributed by atoms with Crippen LogP contribution in [0.1, 0.15) is 44.1 Å². The standard InChI is InChI=1S/C21H31N3O6S/c1-15-13-17(9-10-18(15)29-2)31(27,28)24-11-6-12-30-19(24)14-22-20(25)21(26)23-16-7-4-3-5-8-16/h9-10,13,16,19H,3-8,11-12,14H2,1-2H3,(H,22,25)(H,23,26). The molecular formula is C21H31N3O6S. The molecule has 2 aliphatic rings. The van der Waals surface area contributed by atoms with E-state index >= 15 is 0 Å². The van der Waals surface area contributed by atoms with Crippen LogP contribution in [0.2, 0.25) is 0 Å². The quantitative estimate of drug-likeness (QED) is 0.628. The first-order valence-corrected chi connectivity index (χ1v) is 12.1. The number of nitrogens with zero attached hydrogens (tertiary/aromatic N) is 1. The summed E-state index contributed by atoms with van der Waals surface area (Å²) in [6.45, 7) is 2.31. The van der Waals surface area contributed by atoms with Crippen molar-refractivity contribution in [2.75, 3.05) is 26.8 Å². The highest BCUT2D eigenvalue weighted by Gasteiger charge is 2.35. The Kier molecular flexibility index (Phi) is 7.90. The lowest BCUT2D eigenvalue weighted by molar-refractivity contribution is -0.140. The van der Waals surface area contributed by atoms with Gasteiger partial charge in [0.2, 0.25) is 10.0 Å². The van der Waals surface area contributed by atoms with E-state index in [1.165, 1.54) is 17.5 Å². The second-order valence-electron chi connectivity index (χ2n) is 7.94. The molecule has 0 radical (unpaired) electrons. The zero-order chi connectivity index (χ0) is 22.4. The lowest BCUT2D eigenvalue weighted by Gasteiger charge is -2.34. The van der Waals surface area contributed by atoms with Gasteiger partial charge in [0.15, 0.2) is 0 Å². The van der Waals surface area contributed by atoms with Crippen LogP contribution < -0.4 is 15.4 Å². The Morgan fingerprint density at radius 2 is 1.90 bits per heavy atom. The van der Waals surface area contributed by atoms with Gasteiger partial charge in [0.25, 0.3) is 0 Å². The van der Waals surface area contributed by atoms with E-state index in [4.69, 9.17) is 9.47 Å². The predicted molar refractivity (Wildman–Crippen MR) is 114 cm³/mol. The Labute approximate surface area is 183 Å². The van der Waals surface area contributed by atoms with Gasteiger partial charge in [-0.15, -0.1) is 0 Å². The third-order valence-corrected chi connectivity index (χ3v) is 7.60. The minimum Gasteiger partial charge on any atom is -0.496 e. The molecule has 2 amide bonds. The van der Waals surface area contributed by atoms with Crippen molar-refractivity contribution in [3.05, 3.63) is 23.8 Å². The maximum Gasteiger partial charge on any atom is 0.309 e. The van der Waals surface area contributed by atoms with Crippen LogP contribution >= 0.6 is 0 Å². The third kappa shape index (κ3) is 5.75. The maximum absolute atomic E-state index is 13.2. The van der Waals surface area contributed by atoms with Gasteiger partial charge >= 0.3 is 11.8 Å². The van der Waals surface area contributed by atoms with E-state index in [0.717, 1.165) is 32.1 Å². The van der Waals surface area contributed by atoms with Crippen molar-refractivity contribution >= 4 is 21.8 Å². The van der Waals surface area contributed by atoms with Gasteiger partial charge in [0, 0.05) is 12.6 Å². The topological polar surface area (TPSA) is 114 Å². The molecule has 1 aromatic rings. The van der Waals surface area contributed by atoms with Crippen molar-refractivity contribution in [1.29, 1.82) is 0 Å². The first-order chi connectivity index (χ1) is 14.8. The molecular weight excluding hydrogens is 422 g/mol. The molecule has 1 aliphatic heterocycles. The SMILES string of the molecule is COc1ccc(S(=O)(=O)N2CCCOC2CNC(=O)C(=O)NC2CCCCC2)cc1C. The van der Waals surface area contributed by atoms with E-state index < -0.39 is 28.1 Å². The number of sulfonamides is 1. The van der Waals surface area contributed by atoms with Crippen LogP contribution in [0.25, 0.3) is 0 Å². The van der Waals surface area contributed by atoms with Gasteiger partial charge in [-0.1, -0.05) is 19.3 Å². The number of amides is 2. The van der Waals surface area contributed by atoms with Crippen molar-refractivity contribution in [2.24, 2.45) is 0 Å². The smallest absolute Gasteiger partial charge is 0.309 e. The lowest BCUT2D eigenvalue weighted by Crippen LogP contribution is -2.53. The monoisotopic (exact) mass is 453 g/mol. The van der Waals surface area contributed by atoms with E-state index in [1.807, 2.05) is 0 Å². The molecule has 172 valence electrons. The highest BCUT2D eigenvalue weighted by Crippen LogP contribution is 2.26. The second kappa shape index (κ2) is 10.4. The normalized spacial score (nSPS) is 20.8. The van der Waals surface area contributed by atoms with E-state index in [-0.39, 0.29) is 24.0 Å². The molecule has 1 heterocycles. The largest absolute Gasteiger partial charge is 0.496 e. The highest BCUT2D eigenvalue weighted by atomic mass is 32.2. The Morgan fingerprint density at radius 3 is 2.58 bits per heavy atom. The Morgan fingerprint density at radius 1 is 1.16 bits per heavy atom. The summed E-state index contributed by atoms with van der Waals surface area (Å²) in [6, 6.07) is 4.67. The minimum atomic E-state index is -3.85. The zero-order valence-corrected chi connectivity index (χ0v) is 18.9. The van der Waals surface area contributed by atoms with Gasteiger partial charge in [-0.05, 0) is 49.9 Å². The van der Waals surface area contributed by atoms with E-state index in [1.54, 1.807) is 19.1 Å². The molecule has 1 aromatic carbocycles. The number of ether oxygens (including phenoxy) is 2. The number of hydrogen-bond donors (Lipinski definition) is 2. The van der Waals surface area contributed by atoms with E-state index in [9.17, 15) is 18.0 Å². The fourth-order valence-electron chi connectivity index (χ4n) is 4.01. The zero-order valence-electron chi connectivity index (χ0n) is 18.1. The van der Waals surface area contributed by atoms with Gasteiger partial charge in [0.1, 0.15) is 12.0 Å². The van der Waals surface area contributed by atoms with Gasteiger partial charge < -0.3 is 20.1 Å². The molecule has 1 saturated heterocycles. The second-order valence-corrected chi connectivity index (χ2v) is 9.84. The number of rotatable bonds is 6. The lowest BCUT2D eigenvalue weighted by atomic mass is 9.95. The van der Waals surface area contributed by atoms with Crippen molar-refractivity contribution in [3.8, 4) is 5.75 Å². The Balaban J connectivity index is 1.64. The number of carbonyl (C=O) groups excluding carboxylic acids is 2. The Hall–Kier alpha value is -2.17. The molecule has 1 saturated carbocycles. The molecule has 3 rings (SSSR count). The fraction of sp³-hybridized carbons (Fsp3) is 0.619. The van der Waals surface area contributed by atoms with Crippen molar-refractivity contribution in [3.63, 3.8) is 0 Å². The number of carbonyl (C=O) groups is 2. The molecule has 2 fully saturated rings. The van der Waals surface area contributed by atoms with Crippen LogP contribution in [0.4, 0.5) is 0 Å². The van der Waals surface area contributed by atoms with Crippen LogP contribution in [0.3, 0.4) is 0 Å². The summed E-state index contributed by atoms with van der Waals surface area (Å²) in [7, 11) is -2.32. The van der Waals surface area contributed by atoms with Crippen molar-refractivity contribution < 1.29 is 27.5 Å². The van der Waals surface area contributed by atoms with Crippen molar-refractivity contribution in [2.45, 2.75) is 62.6 Å². The van der Waals surface area contributed by atoms with Crippen LogP contribution in [-0.2, 0) is 24.3 Å². The number of aryl methyl sites for hydroxylation is 1. The summed E-state index contributed by atoms with van der Waals surface area (Å²) in [5.41, 5.74) is 0.700. The molecule has 2 N–H and O–H groups in total. The summed E-state index contributed by atoms with van der Waals surface area (Å²) in [6.07, 6.45) is 4.64. The van der Waals surface area contributed by atoms with Gasteiger partial charge in [-0.3, -0.25) is 9.59 Å². The summed E-state index contributed by atoms with van der Waals surface area (Å²) in [5.74, 6) is -0.873. The molecule has 1 atom stereocenters. The van der Waals surface area contributed by atoms with E-state index in [0.29, 0.717) is 24.3 Å². The number of hydrogen-bond acceptors (Lipinski definition) is 6. The molecule has 1 aliphatic carbocycles. The van der Waals surface area contributed by atoms with E-state index in [2.05, 4.69) is 10.6 Å². The number of methoxy groups -OCH3 is 1. The van der Waals surface area contributed by atoms with Crippen molar-refractivity contribution in [1.82, 2.24) is 14.9 Å². The maximum atomic E-state index is 13.2. The van der Waals surface area contributed by atoms with Crippen LogP contribution in [0.15, 0.2) is 23.1 Å². The fourth-order valence-corrected chi connectivity index (χ4v) is 5.66. The molecule has 0 bridgehead atoms. The molecule has 0 aromatic heterocycles. The molecule has 9 nitrogen and oxygen atoms in total. The first kappa shape index (κ1) is 23.5. The van der Waals surface area contributed by atoms with Gasteiger partial charge in [-0.2, -0.15) is 4.31 Å². The van der Waals surface area contributed by atoms with Crippen LogP contribution in [0, 0.1) is 6.92 Å². The number of nitrogens with one attached hydrogen (secondary N) is 2. The van der Waals surface area contributed by atoms with Crippen LogP contribution in [0.5, 0.6) is 5.75 Å². The molecule has 10 heteroatoms. The minimum absolute atomic E-state index is 0.0214. The number of benzene rings is 1. The molecule has 0 spiro atoms. The summed E-state index contributed by atoms with van der Waals surface area (Å²) in [4.78, 5) is 24.5. The summed E-state index contributed by atoms with van der Waals surface area (Å²) in [5, 5.41) is 5.28. The predicted octanol–water partition coefficient (Wildman–Crippen LogP) is 1.31. The van der Waals surface area contributed by atoms with Crippen LogP contribution in [-0.4, -0.2) is 63.6 Å². The summed E-state index contributed by atoms with van der Waals surface area (Å²) < 4.78 is 38.5. The Bertz CT molecular complexity index is 898. The third-order valence-electron chi connectivity index (χ3n) is 5.71. The summed E-state index contributed by atoms with van der Waals surface area (Å²) >= 11 is 0. The van der Waals surface area contributed by atoms with Gasteiger partial charge in [-0.25, -0.2) is 8.42 Å². The molecule has 31 heavy (non-hydrogen) atoms. The molecule has 1 unspecified atom stereocenters. The van der Waals surface area contributed by atoms with Gasteiger partial charge in [0.05, 0.1) is 25.2 Å². The first-order valence-electron chi connectivity index (χ1n) is 10.7. The highest BCUT2D eigenvalue weighted by molar-refractivity contribution is 7.89.